The summed E-state index contributed by atoms with van der Waals surface area (Å²) in [7, 11) is 0. The number of hydrogen-bond donors (Lipinski definition) is 2. The lowest BCUT2D eigenvalue weighted by molar-refractivity contribution is 0.610. The molecule has 0 spiro atoms. The molecule has 19 heavy (non-hydrogen) atoms. The second-order valence-electron chi connectivity index (χ2n) is 4.55. The van der Waals surface area contributed by atoms with Crippen molar-refractivity contribution >= 4 is 15.9 Å². The summed E-state index contributed by atoms with van der Waals surface area (Å²) in [6.45, 7) is 3.62. The van der Waals surface area contributed by atoms with Gasteiger partial charge in [0.1, 0.15) is 5.82 Å². The molecule has 102 valence electrons. The van der Waals surface area contributed by atoms with Gasteiger partial charge < -0.3 is 5.32 Å². The van der Waals surface area contributed by atoms with Crippen molar-refractivity contribution in [2.24, 2.45) is 0 Å². The quantitative estimate of drug-likeness (QED) is 0.800. The van der Waals surface area contributed by atoms with E-state index in [1.54, 1.807) is 12.1 Å². The molecule has 1 aromatic heterocycles. The van der Waals surface area contributed by atoms with Gasteiger partial charge in [-0.2, -0.15) is 5.10 Å². The van der Waals surface area contributed by atoms with Gasteiger partial charge in [-0.05, 0) is 65.5 Å². The van der Waals surface area contributed by atoms with Gasteiger partial charge in [0.2, 0.25) is 0 Å². The molecule has 1 aromatic carbocycles. The van der Waals surface area contributed by atoms with Gasteiger partial charge in [-0.1, -0.05) is 6.07 Å². The molecule has 0 saturated carbocycles. The number of rotatable bonds is 6. The number of aromatic amines is 1. The molecule has 3 nitrogen and oxygen atoms in total. The van der Waals surface area contributed by atoms with Gasteiger partial charge in [0.15, 0.2) is 0 Å². The van der Waals surface area contributed by atoms with Gasteiger partial charge in [0.05, 0.1) is 10.7 Å². The zero-order chi connectivity index (χ0) is 13.7. The van der Waals surface area contributed by atoms with Crippen molar-refractivity contribution < 1.29 is 4.39 Å². The summed E-state index contributed by atoms with van der Waals surface area (Å²) in [4.78, 5) is 0. The Bertz CT molecular complexity index is 539. The summed E-state index contributed by atoms with van der Waals surface area (Å²) >= 11 is 3.15. The van der Waals surface area contributed by atoms with Crippen molar-refractivity contribution in [3.05, 3.63) is 51.5 Å². The Balaban J connectivity index is 1.69. The number of aromatic nitrogens is 2. The highest BCUT2D eigenvalue weighted by atomic mass is 79.9. The van der Waals surface area contributed by atoms with Crippen LogP contribution in [0.15, 0.2) is 28.9 Å². The molecule has 0 aliphatic rings. The maximum Gasteiger partial charge on any atom is 0.137 e. The van der Waals surface area contributed by atoms with Gasteiger partial charge >= 0.3 is 0 Å². The highest BCUT2D eigenvalue weighted by molar-refractivity contribution is 9.10. The van der Waals surface area contributed by atoms with E-state index in [0.717, 1.165) is 30.6 Å². The maximum absolute atomic E-state index is 13.3. The normalized spacial score (nSPS) is 10.9. The van der Waals surface area contributed by atoms with Crippen LogP contribution in [0.1, 0.15) is 23.2 Å². The number of hydrogen-bond acceptors (Lipinski definition) is 2. The van der Waals surface area contributed by atoms with Crippen LogP contribution < -0.4 is 5.32 Å². The molecule has 0 aliphatic heterocycles. The van der Waals surface area contributed by atoms with E-state index < -0.39 is 0 Å². The van der Waals surface area contributed by atoms with E-state index in [-0.39, 0.29) is 5.82 Å². The second kappa shape index (κ2) is 6.82. The van der Waals surface area contributed by atoms with Crippen LogP contribution in [0.25, 0.3) is 0 Å². The minimum Gasteiger partial charge on any atom is -0.313 e. The first-order chi connectivity index (χ1) is 9.16. The summed E-state index contributed by atoms with van der Waals surface area (Å²) in [5, 5.41) is 10.2. The van der Waals surface area contributed by atoms with E-state index in [0.29, 0.717) is 11.0 Å². The van der Waals surface area contributed by atoms with Gasteiger partial charge in [-0.3, -0.25) is 5.10 Å². The van der Waals surface area contributed by atoms with E-state index in [9.17, 15) is 4.39 Å². The van der Waals surface area contributed by atoms with Crippen LogP contribution in [0.3, 0.4) is 0 Å². The third-order valence-corrected chi connectivity index (χ3v) is 3.69. The highest BCUT2D eigenvalue weighted by Crippen LogP contribution is 2.16. The SMILES string of the molecule is Cc1[nH]ncc1CCCNCc1ccc(Br)c(F)c1. The van der Waals surface area contributed by atoms with Crippen LogP contribution in [0, 0.1) is 12.7 Å². The minimum atomic E-state index is -0.215. The average molecular weight is 326 g/mol. The van der Waals surface area contributed by atoms with Crippen LogP contribution in [0.2, 0.25) is 0 Å². The Morgan fingerprint density at radius 3 is 2.95 bits per heavy atom. The summed E-state index contributed by atoms with van der Waals surface area (Å²) in [5.41, 5.74) is 3.35. The predicted octanol–water partition coefficient (Wildman–Crippen LogP) is 3.34. The van der Waals surface area contributed by atoms with Crippen molar-refractivity contribution in [1.29, 1.82) is 0 Å². The van der Waals surface area contributed by atoms with Crippen LogP contribution in [0.5, 0.6) is 0 Å². The first-order valence-electron chi connectivity index (χ1n) is 6.30. The van der Waals surface area contributed by atoms with Gasteiger partial charge in [0.25, 0.3) is 0 Å². The molecule has 0 aliphatic carbocycles. The first kappa shape index (κ1) is 14.2. The Morgan fingerprint density at radius 2 is 2.26 bits per heavy atom. The van der Waals surface area contributed by atoms with Crippen molar-refractivity contribution in [2.75, 3.05) is 6.54 Å². The molecule has 1 heterocycles. The molecular formula is C14H17BrFN3. The lowest BCUT2D eigenvalue weighted by Crippen LogP contribution is -2.15. The predicted molar refractivity (Wildman–Crippen MR) is 77.5 cm³/mol. The molecular weight excluding hydrogens is 309 g/mol. The Hall–Kier alpha value is -1.20. The largest absolute Gasteiger partial charge is 0.313 e. The smallest absolute Gasteiger partial charge is 0.137 e. The molecule has 0 atom stereocenters. The van der Waals surface area contributed by atoms with E-state index in [2.05, 4.69) is 31.4 Å². The molecule has 0 unspecified atom stereocenters. The summed E-state index contributed by atoms with van der Waals surface area (Å²) in [6, 6.07) is 5.21. The third-order valence-electron chi connectivity index (χ3n) is 3.05. The third kappa shape index (κ3) is 4.14. The zero-order valence-corrected chi connectivity index (χ0v) is 12.4. The Morgan fingerprint density at radius 1 is 1.42 bits per heavy atom. The second-order valence-corrected chi connectivity index (χ2v) is 5.40. The number of benzene rings is 1. The van der Waals surface area contributed by atoms with E-state index >= 15 is 0 Å². The van der Waals surface area contributed by atoms with Crippen LogP contribution in [0.4, 0.5) is 4.39 Å². The number of nitrogens with zero attached hydrogens (tertiary/aromatic N) is 1. The number of aryl methyl sites for hydroxylation is 2. The minimum absolute atomic E-state index is 0.215. The van der Waals surface area contributed by atoms with Crippen molar-refractivity contribution in [3.8, 4) is 0 Å². The first-order valence-corrected chi connectivity index (χ1v) is 7.09. The number of H-pyrrole nitrogens is 1. The lowest BCUT2D eigenvalue weighted by atomic mass is 10.1. The van der Waals surface area contributed by atoms with Crippen LogP contribution in [-0.4, -0.2) is 16.7 Å². The monoisotopic (exact) mass is 325 g/mol. The Labute approximate surface area is 120 Å². The van der Waals surface area contributed by atoms with E-state index in [4.69, 9.17) is 0 Å². The maximum atomic E-state index is 13.3. The fraction of sp³-hybridized carbons (Fsp3) is 0.357. The van der Waals surface area contributed by atoms with E-state index in [1.165, 1.54) is 5.56 Å². The van der Waals surface area contributed by atoms with Crippen molar-refractivity contribution in [1.82, 2.24) is 15.5 Å². The molecule has 2 rings (SSSR count). The fourth-order valence-electron chi connectivity index (χ4n) is 1.91. The van der Waals surface area contributed by atoms with Gasteiger partial charge in [-0.15, -0.1) is 0 Å². The lowest BCUT2D eigenvalue weighted by Gasteiger charge is -2.05. The molecule has 0 saturated heterocycles. The number of halogens is 2. The van der Waals surface area contributed by atoms with Crippen molar-refractivity contribution in [2.45, 2.75) is 26.3 Å². The molecule has 5 heteroatoms. The summed E-state index contributed by atoms with van der Waals surface area (Å²) in [5.74, 6) is -0.215. The molecule has 0 radical (unpaired) electrons. The Kier molecular flexibility index (Phi) is 5.10. The zero-order valence-electron chi connectivity index (χ0n) is 10.8. The molecule has 0 fully saturated rings. The topological polar surface area (TPSA) is 40.7 Å². The molecule has 0 bridgehead atoms. The summed E-state index contributed by atoms with van der Waals surface area (Å²) < 4.78 is 13.8. The molecule has 0 amide bonds. The van der Waals surface area contributed by atoms with Crippen LogP contribution >= 0.6 is 15.9 Å². The van der Waals surface area contributed by atoms with Crippen LogP contribution in [-0.2, 0) is 13.0 Å². The highest BCUT2D eigenvalue weighted by Gasteiger charge is 2.01. The number of nitrogens with one attached hydrogen (secondary N) is 2. The molecule has 2 N–H and O–H groups in total. The average Bonchev–Trinajstić information content (AvgIpc) is 2.79. The van der Waals surface area contributed by atoms with Crippen molar-refractivity contribution in [3.63, 3.8) is 0 Å². The standard InChI is InChI=1S/C14H17BrFN3/c1-10-12(9-18-19-10)3-2-6-17-8-11-4-5-13(15)14(16)7-11/h4-5,7,9,17H,2-3,6,8H2,1H3,(H,18,19). The molecule has 2 aromatic rings. The fourth-order valence-corrected chi connectivity index (χ4v) is 2.16. The van der Waals surface area contributed by atoms with E-state index in [1.807, 2.05) is 19.2 Å². The van der Waals surface area contributed by atoms with Gasteiger partial charge in [0, 0.05) is 12.2 Å². The summed E-state index contributed by atoms with van der Waals surface area (Å²) in [6.07, 6.45) is 3.92. The van der Waals surface area contributed by atoms with Gasteiger partial charge in [-0.25, -0.2) is 4.39 Å².